The molecule has 1 aliphatic heterocycles. The number of ether oxygens (including phenoxy) is 1. The molecule has 1 aromatic heterocycles. The predicted molar refractivity (Wildman–Crippen MR) is 72.0 cm³/mol. The second-order valence-corrected chi connectivity index (χ2v) is 5.42. The molecule has 1 N–H and O–H groups in total. The first-order valence-corrected chi connectivity index (χ1v) is 6.99. The highest BCUT2D eigenvalue weighted by Gasteiger charge is 2.25. The summed E-state index contributed by atoms with van der Waals surface area (Å²) in [5, 5.41) is 3.56. The third-order valence-electron chi connectivity index (χ3n) is 3.20. The molecule has 17 heavy (non-hydrogen) atoms. The number of nitrogens with zero attached hydrogens (tertiary/aromatic N) is 1. The van der Waals surface area contributed by atoms with Gasteiger partial charge >= 0.3 is 0 Å². The Labute approximate surface area is 111 Å². The molecule has 1 saturated heterocycles. The van der Waals surface area contributed by atoms with Crippen LogP contribution in [-0.4, -0.2) is 30.8 Å². The highest BCUT2D eigenvalue weighted by atomic mass is 79.9. The summed E-state index contributed by atoms with van der Waals surface area (Å²) in [5.41, 5.74) is 1.28. The highest BCUT2D eigenvalue weighted by molar-refractivity contribution is 9.10. The van der Waals surface area contributed by atoms with E-state index in [0.717, 1.165) is 37.1 Å². The van der Waals surface area contributed by atoms with Crippen molar-refractivity contribution in [3.63, 3.8) is 0 Å². The maximum absolute atomic E-state index is 5.59. The van der Waals surface area contributed by atoms with Crippen LogP contribution in [0.2, 0.25) is 0 Å². The molecule has 0 aromatic carbocycles. The van der Waals surface area contributed by atoms with Gasteiger partial charge in [0.15, 0.2) is 0 Å². The molecule has 0 saturated carbocycles. The number of hydrogen-bond donors (Lipinski definition) is 1. The van der Waals surface area contributed by atoms with Gasteiger partial charge in [-0.25, -0.2) is 0 Å². The maximum Gasteiger partial charge on any atom is 0.0512 e. The molecule has 1 aromatic rings. The van der Waals surface area contributed by atoms with Crippen molar-refractivity contribution in [2.24, 2.45) is 5.92 Å². The number of halogens is 1. The topological polar surface area (TPSA) is 34.1 Å². The predicted octanol–water partition coefficient (Wildman–Crippen LogP) is 2.40. The Morgan fingerprint density at radius 2 is 2.41 bits per heavy atom. The Morgan fingerprint density at radius 1 is 1.53 bits per heavy atom. The van der Waals surface area contributed by atoms with E-state index in [2.05, 4.69) is 39.2 Å². The monoisotopic (exact) mass is 298 g/mol. The van der Waals surface area contributed by atoms with Gasteiger partial charge in [0, 0.05) is 35.4 Å². The molecule has 4 heteroatoms. The Morgan fingerprint density at radius 3 is 3.18 bits per heavy atom. The lowest BCUT2D eigenvalue weighted by Crippen LogP contribution is -2.43. The number of hydrogen-bond acceptors (Lipinski definition) is 3. The summed E-state index contributed by atoms with van der Waals surface area (Å²) < 4.78 is 6.64. The number of aromatic nitrogens is 1. The number of pyridine rings is 1. The largest absolute Gasteiger partial charge is 0.381 e. The molecule has 1 fully saturated rings. The molecule has 2 heterocycles. The molecular weight excluding hydrogens is 280 g/mol. The van der Waals surface area contributed by atoms with Gasteiger partial charge in [-0.2, -0.15) is 0 Å². The second-order valence-electron chi connectivity index (χ2n) is 4.50. The molecular formula is C13H19BrN2O. The van der Waals surface area contributed by atoms with E-state index in [4.69, 9.17) is 4.74 Å². The van der Waals surface area contributed by atoms with Gasteiger partial charge in [-0.15, -0.1) is 0 Å². The van der Waals surface area contributed by atoms with E-state index in [9.17, 15) is 0 Å². The minimum Gasteiger partial charge on any atom is -0.381 e. The number of nitrogens with one attached hydrogen (secondary N) is 1. The van der Waals surface area contributed by atoms with Crippen LogP contribution in [-0.2, 0) is 11.2 Å². The summed E-state index contributed by atoms with van der Waals surface area (Å²) in [7, 11) is 0. The van der Waals surface area contributed by atoms with Crippen molar-refractivity contribution in [1.29, 1.82) is 0 Å². The minimum atomic E-state index is 0.555. The lowest BCUT2D eigenvalue weighted by atomic mass is 9.90. The highest BCUT2D eigenvalue weighted by Crippen LogP contribution is 2.21. The molecule has 3 nitrogen and oxygen atoms in total. The average Bonchev–Trinajstić information content (AvgIpc) is 2.32. The molecule has 2 rings (SSSR count). The first-order valence-electron chi connectivity index (χ1n) is 6.20. The first-order chi connectivity index (χ1) is 8.29. The summed E-state index contributed by atoms with van der Waals surface area (Å²) in [6.45, 7) is 4.92. The van der Waals surface area contributed by atoms with E-state index >= 15 is 0 Å². The normalized spacial score (nSPS) is 24.8. The minimum absolute atomic E-state index is 0.555. The standard InChI is InChI=1S/C13H19BrN2O/c1-2-16-13-3-4-17-9-11(13)5-10-6-12(14)8-15-7-10/h6-8,11,13,16H,2-5,9H2,1H3. The zero-order valence-electron chi connectivity index (χ0n) is 10.2. The van der Waals surface area contributed by atoms with Crippen molar-refractivity contribution in [2.45, 2.75) is 25.8 Å². The van der Waals surface area contributed by atoms with Crippen molar-refractivity contribution in [3.05, 3.63) is 28.5 Å². The van der Waals surface area contributed by atoms with Gasteiger partial charge in [-0.3, -0.25) is 4.98 Å². The van der Waals surface area contributed by atoms with Crippen LogP contribution in [0.15, 0.2) is 22.9 Å². The summed E-state index contributed by atoms with van der Waals surface area (Å²) >= 11 is 3.46. The van der Waals surface area contributed by atoms with Gasteiger partial charge in [0.2, 0.25) is 0 Å². The second kappa shape index (κ2) is 6.47. The van der Waals surface area contributed by atoms with Crippen molar-refractivity contribution in [3.8, 4) is 0 Å². The van der Waals surface area contributed by atoms with Crippen LogP contribution in [0.25, 0.3) is 0 Å². The van der Waals surface area contributed by atoms with Crippen LogP contribution in [0.4, 0.5) is 0 Å². The van der Waals surface area contributed by atoms with Crippen molar-refractivity contribution in [1.82, 2.24) is 10.3 Å². The SMILES string of the molecule is CCNC1CCOCC1Cc1cncc(Br)c1. The van der Waals surface area contributed by atoms with Gasteiger partial charge in [0.05, 0.1) is 6.61 Å². The van der Waals surface area contributed by atoms with Crippen LogP contribution >= 0.6 is 15.9 Å². The van der Waals surface area contributed by atoms with Gasteiger partial charge in [-0.1, -0.05) is 6.92 Å². The average molecular weight is 299 g/mol. The third-order valence-corrected chi connectivity index (χ3v) is 3.63. The van der Waals surface area contributed by atoms with Crippen LogP contribution in [0.5, 0.6) is 0 Å². The van der Waals surface area contributed by atoms with Crippen LogP contribution in [0.3, 0.4) is 0 Å². The number of rotatable bonds is 4. The fourth-order valence-corrected chi connectivity index (χ4v) is 2.81. The molecule has 2 unspecified atom stereocenters. The molecule has 1 aliphatic rings. The van der Waals surface area contributed by atoms with Crippen LogP contribution < -0.4 is 5.32 Å². The van der Waals surface area contributed by atoms with Crippen molar-refractivity contribution >= 4 is 15.9 Å². The summed E-state index contributed by atoms with van der Waals surface area (Å²) in [6, 6.07) is 2.72. The fraction of sp³-hybridized carbons (Fsp3) is 0.615. The molecule has 0 amide bonds. The Kier molecular flexibility index (Phi) is 4.95. The molecule has 0 aliphatic carbocycles. The van der Waals surface area contributed by atoms with Gasteiger partial charge in [-0.05, 0) is 46.9 Å². The molecule has 0 radical (unpaired) electrons. The van der Waals surface area contributed by atoms with E-state index in [-0.39, 0.29) is 0 Å². The lowest BCUT2D eigenvalue weighted by molar-refractivity contribution is 0.0326. The Hall–Kier alpha value is -0.450. The summed E-state index contributed by atoms with van der Waals surface area (Å²) in [4.78, 5) is 4.21. The molecule has 94 valence electrons. The van der Waals surface area contributed by atoms with Gasteiger partial charge < -0.3 is 10.1 Å². The fourth-order valence-electron chi connectivity index (χ4n) is 2.40. The van der Waals surface area contributed by atoms with Crippen LogP contribution in [0.1, 0.15) is 18.9 Å². The quantitative estimate of drug-likeness (QED) is 0.927. The third kappa shape index (κ3) is 3.76. The van der Waals surface area contributed by atoms with E-state index in [0.29, 0.717) is 12.0 Å². The smallest absolute Gasteiger partial charge is 0.0512 e. The van der Waals surface area contributed by atoms with Gasteiger partial charge in [0.25, 0.3) is 0 Å². The zero-order chi connectivity index (χ0) is 12.1. The summed E-state index contributed by atoms with van der Waals surface area (Å²) in [6.07, 6.45) is 5.91. The molecule has 0 bridgehead atoms. The molecule has 0 spiro atoms. The van der Waals surface area contributed by atoms with E-state index < -0.39 is 0 Å². The zero-order valence-corrected chi connectivity index (χ0v) is 11.7. The van der Waals surface area contributed by atoms with E-state index in [1.54, 1.807) is 0 Å². The maximum atomic E-state index is 5.59. The van der Waals surface area contributed by atoms with Crippen molar-refractivity contribution in [2.75, 3.05) is 19.8 Å². The molecule has 2 atom stereocenters. The van der Waals surface area contributed by atoms with Crippen molar-refractivity contribution < 1.29 is 4.74 Å². The van der Waals surface area contributed by atoms with Crippen LogP contribution in [0, 0.1) is 5.92 Å². The van der Waals surface area contributed by atoms with Gasteiger partial charge in [0.1, 0.15) is 0 Å². The Balaban J connectivity index is 2.00. The van der Waals surface area contributed by atoms with E-state index in [1.165, 1.54) is 5.56 Å². The summed E-state index contributed by atoms with van der Waals surface area (Å²) in [5.74, 6) is 0.555. The van der Waals surface area contributed by atoms with E-state index in [1.807, 2.05) is 12.4 Å². The Bertz CT molecular complexity index is 357. The first kappa shape index (κ1) is 13.0. The lowest BCUT2D eigenvalue weighted by Gasteiger charge is -2.32.